The van der Waals surface area contributed by atoms with Crippen LogP contribution in [0.2, 0.25) is 0 Å². The first-order valence-corrected chi connectivity index (χ1v) is 10.8. The molecule has 0 bridgehead atoms. The van der Waals surface area contributed by atoms with E-state index in [-0.39, 0.29) is 6.61 Å². The van der Waals surface area contributed by atoms with Crippen LogP contribution in [0.4, 0.5) is 0 Å². The van der Waals surface area contributed by atoms with Crippen molar-refractivity contribution in [1.82, 2.24) is 20.6 Å². The normalized spacial score (nSPS) is 11.5. The van der Waals surface area contributed by atoms with Crippen molar-refractivity contribution in [3.05, 3.63) is 91.7 Å². The molecule has 0 aliphatic carbocycles. The van der Waals surface area contributed by atoms with E-state index in [1.165, 1.54) is 6.34 Å². The zero-order chi connectivity index (χ0) is 25.9. The lowest BCUT2D eigenvalue weighted by Crippen LogP contribution is -2.21. The van der Waals surface area contributed by atoms with Gasteiger partial charge in [-0.2, -0.15) is 0 Å². The van der Waals surface area contributed by atoms with Gasteiger partial charge in [-0.25, -0.2) is 15.0 Å². The number of hydrogen-bond donors (Lipinski definition) is 4. The summed E-state index contributed by atoms with van der Waals surface area (Å²) in [6.07, 6.45) is 14.0. The number of hydrogen-bond acceptors (Lipinski definition) is 7. The van der Waals surface area contributed by atoms with Gasteiger partial charge in [0, 0.05) is 44.2 Å². The van der Waals surface area contributed by atoms with E-state index in [0.29, 0.717) is 29.5 Å². The molecule has 5 N–H and O–H groups in total. The van der Waals surface area contributed by atoms with Crippen molar-refractivity contribution in [1.29, 1.82) is 5.41 Å². The molecule has 9 heteroatoms. The Morgan fingerprint density at radius 1 is 1.26 bits per heavy atom. The van der Waals surface area contributed by atoms with E-state index >= 15 is 0 Å². The standard InChI is InChI=1S/C17H20N6O.C9H14N2/c1-12(18)6-13-4-3-5-14(7-13)17-21-8-15(9-22-17)24-10-16(19)23-11-20-2;1-4-6-7-11-9(5-2)8-10-3/h3-5,7-9,11,18H,6,10H2,1-2H3,(H2,19,20,23);4-8,10-11H,1-2H2,3H3/b;7-6-,9-8+. The van der Waals surface area contributed by atoms with E-state index in [1.807, 2.05) is 43.6 Å². The molecule has 0 amide bonds. The highest BCUT2D eigenvalue weighted by Crippen LogP contribution is 2.18. The largest absolute Gasteiger partial charge is 0.482 e. The lowest BCUT2D eigenvalue weighted by molar-refractivity contribution is 0.372. The zero-order valence-electron chi connectivity index (χ0n) is 20.5. The maximum Gasteiger partial charge on any atom is 0.159 e. The van der Waals surface area contributed by atoms with Crippen LogP contribution in [0.25, 0.3) is 11.4 Å². The summed E-state index contributed by atoms with van der Waals surface area (Å²) < 4.78 is 5.46. The lowest BCUT2D eigenvalue weighted by atomic mass is 10.1. The smallest absolute Gasteiger partial charge is 0.159 e. The van der Waals surface area contributed by atoms with Crippen molar-refractivity contribution in [3.8, 4) is 17.1 Å². The molecular weight excluding hydrogens is 440 g/mol. The van der Waals surface area contributed by atoms with Crippen molar-refractivity contribution in [3.63, 3.8) is 0 Å². The Labute approximate surface area is 207 Å². The first kappa shape index (κ1) is 28.5. The number of allylic oxidation sites excluding steroid dienone is 3. The number of nitrogens with zero attached hydrogens (tertiary/aromatic N) is 4. The van der Waals surface area contributed by atoms with Crippen LogP contribution >= 0.6 is 0 Å². The fourth-order valence-electron chi connectivity index (χ4n) is 2.52. The molecule has 2 rings (SSSR count). The van der Waals surface area contributed by atoms with E-state index in [9.17, 15) is 0 Å². The SMILES string of the molecule is C=C/C=C\N/C(C=C)=C/NC.CN=CN=C(N)COc1cnc(-c2cccc(CC(C)=N)c2)nc1. The third kappa shape index (κ3) is 12.3. The molecule has 0 spiro atoms. The number of nitrogens with one attached hydrogen (secondary N) is 3. The number of aromatic nitrogens is 2. The van der Waals surface area contributed by atoms with Crippen LogP contribution < -0.4 is 21.1 Å². The van der Waals surface area contributed by atoms with Gasteiger partial charge in [0.2, 0.25) is 0 Å². The highest BCUT2D eigenvalue weighted by Gasteiger charge is 2.04. The topological polar surface area (TPSA) is 134 Å². The molecule has 2 aromatic rings. The van der Waals surface area contributed by atoms with Crippen LogP contribution in [0.5, 0.6) is 5.75 Å². The van der Waals surface area contributed by atoms with Gasteiger partial charge in [0.15, 0.2) is 11.6 Å². The van der Waals surface area contributed by atoms with Crippen LogP contribution in [-0.2, 0) is 6.42 Å². The third-order valence-corrected chi connectivity index (χ3v) is 4.01. The summed E-state index contributed by atoms with van der Waals surface area (Å²) in [5.41, 5.74) is 9.16. The number of rotatable bonds is 12. The average molecular weight is 475 g/mol. The number of nitrogens with two attached hydrogens (primary N) is 1. The Morgan fingerprint density at radius 3 is 2.60 bits per heavy atom. The number of amidine groups is 1. The van der Waals surface area contributed by atoms with Gasteiger partial charge in [-0.05, 0) is 30.7 Å². The Morgan fingerprint density at radius 2 is 2.00 bits per heavy atom. The molecule has 35 heavy (non-hydrogen) atoms. The molecule has 1 heterocycles. The molecule has 0 aliphatic rings. The first-order chi connectivity index (χ1) is 16.9. The summed E-state index contributed by atoms with van der Waals surface area (Å²) in [7, 11) is 3.45. The van der Waals surface area contributed by atoms with Gasteiger partial charge in [0.25, 0.3) is 0 Å². The van der Waals surface area contributed by atoms with E-state index in [0.717, 1.165) is 16.8 Å². The number of benzene rings is 1. The van der Waals surface area contributed by atoms with Crippen LogP contribution in [0, 0.1) is 5.41 Å². The Hall–Kier alpha value is -4.53. The van der Waals surface area contributed by atoms with Crippen LogP contribution in [-0.4, -0.2) is 48.6 Å². The summed E-state index contributed by atoms with van der Waals surface area (Å²) >= 11 is 0. The Balaban J connectivity index is 0.000000471. The van der Waals surface area contributed by atoms with Crippen molar-refractivity contribution in [2.24, 2.45) is 15.7 Å². The molecule has 9 nitrogen and oxygen atoms in total. The highest BCUT2D eigenvalue weighted by molar-refractivity contribution is 5.88. The fraction of sp³-hybridized carbons (Fsp3) is 0.192. The van der Waals surface area contributed by atoms with E-state index in [4.69, 9.17) is 15.9 Å². The monoisotopic (exact) mass is 474 g/mol. The van der Waals surface area contributed by atoms with E-state index < -0.39 is 0 Å². The molecule has 0 saturated heterocycles. The minimum Gasteiger partial charge on any atom is -0.482 e. The first-order valence-electron chi connectivity index (χ1n) is 10.8. The number of aliphatic imine (C=N–C) groups is 2. The minimum atomic E-state index is 0.142. The summed E-state index contributed by atoms with van der Waals surface area (Å²) in [4.78, 5) is 16.2. The fourth-order valence-corrected chi connectivity index (χ4v) is 2.52. The predicted molar refractivity (Wildman–Crippen MR) is 146 cm³/mol. The van der Waals surface area contributed by atoms with Crippen molar-refractivity contribution >= 4 is 17.9 Å². The average Bonchev–Trinajstić information content (AvgIpc) is 2.86. The maximum atomic E-state index is 7.58. The Kier molecular flexibility index (Phi) is 13.9. The summed E-state index contributed by atoms with van der Waals surface area (Å²) in [5, 5.41) is 13.5. The van der Waals surface area contributed by atoms with Gasteiger partial charge in [-0.1, -0.05) is 37.4 Å². The maximum absolute atomic E-state index is 7.58. The molecule has 0 saturated carbocycles. The predicted octanol–water partition coefficient (Wildman–Crippen LogP) is 3.64. The van der Waals surface area contributed by atoms with Gasteiger partial charge >= 0.3 is 0 Å². The molecule has 0 fully saturated rings. The lowest BCUT2D eigenvalue weighted by Gasteiger charge is -2.06. The van der Waals surface area contributed by atoms with Gasteiger partial charge < -0.3 is 26.5 Å². The van der Waals surface area contributed by atoms with Crippen LogP contribution in [0.1, 0.15) is 12.5 Å². The summed E-state index contributed by atoms with van der Waals surface area (Å²) in [6.45, 7) is 9.10. The molecule has 1 aromatic heterocycles. The molecule has 0 atom stereocenters. The second-order valence-electron chi connectivity index (χ2n) is 7.01. The van der Waals surface area contributed by atoms with E-state index in [2.05, 4.69) is 43.7 Å². The van der Waals surface area contributed by atoms with Gasteiger partial charge in [-0.15, -0.1) is 0 Å². The molecule has 0 unspecified atom stereocenters. The quantitative estimate of drug-likeness (QED) is 0.211. The summed E-state index contributed by atoms with van der Waals surface area (Å²) in [6, 6.07) is 7.85. The molecule has 184 valence electrons. The van der Waals surface area contributed by atoms with Crippen molar-refractivity contribution in [2.45, 2.75) is 13.3 Å². The van der Waals surface area contributed by atoms with Crippen molar-refractivity contribution < 1.29 is 4.74 Å². The van der Waals surface area contributed by atoms with Crippen LogP contribution in [0.3, 0.4) is 0 Å². The van der Waals surface area contributed by atoms with Gasteiger partial charge in [0.1, 0.15) is 18.8 Å². The number of ether oxygens (including phenoxy) is 1. The van der Waals surface area contributed by atoms with Gasteiger partial charge in [0.05, 0.1) is 18.1 Å². The third-order valence-electron chi connectivity index (χ3n) is 4.01. The second kappa shape index (κ2) is 17.0. The zero-order valence-corrected chi connectivity index (χ0v) is 20.5. The Bertz CT molecular complexity index is 1070. The summed E-state index contributed by atoms with van der Waals surface area (Å²) in [5.74, 6) is 1.43. The van der Waals surface area contributed by atoms with Gasteiger partial charge in [-0.3, -0.25) is 4.99 Å². The van der Waals surface area contributed by atoms with Crippen LogP contribution in [0.15, 0.2) is 96.1 Å². The molecule has 0 aliphatic heterocycles. The minimum absolute atomic E-state index is 0.142. The molecule has 1 aromatic carbocycles. The highest BCUT2D eigenvalue weighted by atomic mass is 16.5. The van der Waals surface area contributed by atoms with Crippen molar-refractivity contribution in [2.75, 3.05) is 20.7 Å². The van der Waals surface area contributed by atoms with E-state index in [1.54, 1.807) is 44.7 Å². The molecular formula is C26H34N8O. The molecule has 0 radical (unpaired) electrons. The second-order valence-corrected chi connectivity index (χ2v) is 7.01.